The lowest BCUT2D eigenvalue weighted by molar-refractivity contribution is -0.0259. The summed E-state index contributed by atoms with van der Waals surface area (Å²) >= 11 is 0. The van der Waals surface area contributed by atoms with Crippen molar-refractivity contribution in [3.63, 3.8) is 0 Å². The number of aliphatic hydroxyl groups is 1. The first-order valence-electron chi connectivity index (χ1n) is 18.4. The molecule has 1 fully saturated rings. The van der Waals surface area contributed by atoms with Crippen molar-refractivity contribution in [2.75, 3.05) is 27.1 Å². The Morgan fingerprint density at radius 3 is 2.92 bits per heavy atom. The van der Waals surface area contributed by atoms with Crippen molar-refractivity contribution in [3.05, 3.63) is 23.2 Å². The molecular formula is C20H31NO3. The van der Waals surface area contributed by atoms with Crippen molar-refractivity contribution in [3.8, 4) is 11.5 Å². The van der Waals surface area contributed by atoms with Crippen LogP contribution in [0.3, 0.4) is 0 Å². The van der Waals surface area contributed by atoms with Crippen LogP contribution < -0.4 is 9.47 Å². The van der Waals surface area contributed by atoms with E-state index in [1.165, 1.54) is 0 Å². The number of fused-ring (bicyclic) bond motifs is 3. The molecule has 24 heavy (non-hydrogen) atoms. The lowest BCUT2D eigenvalue weighted by Gasteiger charge is -2.47. The molecule has 4 nitrogen and oxygen atoms in total. The van der Waals surface area contributed by atoms with Crippen molar-refractivity contribution in [1.82, 2.24) is 4.90 Å². The lowest BCUT2D eigenvalue weighted by atomic mass is 9.75. The molecule has 0 bridgehead atoms. The lowest BCUT2D eigenvalue weighted by Crippen LogP contribution is -2.48. The monoisotopic (exact) mass is 356 g/mol. The van der Waals surface area contributed by atoms with Gasteiger partial charge in [0.1, 0.15) is 0 Å². The van der Waals surface area contributed by atoms with Gasteiger partial charge < -0.3 is 14.6 Å². The Labute approximate surface area is 178 Å². The standard InChI is InChI=1S/C20H31NO3/c1-20(2,3)11-14-12-21-7-6-13-8-18(23-4)19(24-5)9-15(13)16(21)10-17(14)22/h8-9,14,16-17,22H,6-7,10-12H2,1-5H3/i1D3,2D3,4D3,5D3,6D2,7D2,8D,9D,11D2,12D2,16D. The number of rotatable bonds is 3. The second kappa shape index (κ2) is 6.57. The predicted octanol–water partition coefficient (Wildman–Crippen LogP) is 3.42. The van der Waals surface area contributed by atoms with E-state index in [2.05, 4.69) is 4.74 Å². The van der Waals surface area contributed by atoms with Crippen LogP contribution in [0.15, 0.2) is 12.1 Å². The van der Waals surface area contributed by atoms with E-state index < -0.39 is 118 Å². The topological polar surface area (TPSA) is 41.9 Å². The molecule has 2 heterocycles. The summed E-state index contributed by atoms with van der Waals surface area (Å²) in [6.07, 6.45) is -11.5. The first-order chi connectivity index (χ1) is 20.4. The van der Waals surface area contributed by atoms with Gasteiger partial charge in [-0.15, -0.1) is 0 Å². The molecule has 0 aromatic heterocycles. The Kier molecular flexibility index (Phi) is 1.29. The van der Waals surface area contributed by atoms with Crippen LogP contribution in [0.4, 0.5) is 0 Å². The highest BCUT2D eigenvalue weighted by molar-refractivity contribution is 5.49. The Morgan fingerprint density at radius 2 is 2.21 bits per heavy atom. The highest BCUT2D eigenvalue weighted by atomic mass is 16.5. The van der Waals surface area contributed by atoms with Gasteiger partial charge in [-0.1, -0.05) is 20.6 Å². The van der Waals surface area contributed by atoms with E-state index in [0.29, 0.717) is 6.92 Å². The molecule has 0 aliphatic carbocycles. The van der Waals surface area contributed by atoms with Gasteiger partial charge in [-0.05, 0) is 53.7 Å². The van der Waals surface area contributed by atoms with Crippen LogP contribution in [0.1, 0.15) is 82.1 Å². The number of hydrogen-bond donors (Lipinski definition) is 1. The van der Waals surface area contributed by atoms with Gasteiger partial charge in [-0.2, -0.15) is 0 Å². The Hall–Kier alpha value is -1.26. The third-order valence-corrected chi connectivity index (χ3v) is 3.49. The maximum atomic E-state index is 11.3. The minimum Gasteiger partial charge on any atom is -0.493 e. The van der Waals surface area contributed by atoms with Gasteiger partial charge >= 0.3 is 0 Å². The molecule has 1 aromatic rings. The number of hydrogen-bond acceptors (Lipinski definition) is 4. The number of ether oxygens (including phenoxy) is 2. The van der Waals surface area contributed by atoms with Gasteiger partial charge in [0.05, 0.1) is 32.5 Å². The average Bonchev–Trinajstić information content (AvgIpc) is 2.77. The minimum atomic E-state index is -3.90. The van der Waals surface area contributed by atoms with E-state index in [4.69, 9.17) is 34.9 Å². The zero-order chi connectivity index (χ0) is 37.3. The molecule has 0 spiro atoms. The summed E-state index contributed by atoms with van der Waals surface area (Å²) in [6.45, 7) is -14.8. The van der Waals surface area contributed by atoms with E-state index in [9.17, 15) is 6.48 Å². The van der Waals surface area contributed by atoms with Crippen LogP contribution in [0.5, 0.6) is 11.5 Å². The van der Waals surface area contributed by atoms with E-state index in [1.807, 2.05) is 0 Å². The Bertz CT molecular complexity index is 1390. The molecule has 2 aliphatic rings. The summed E-state index contributed by atoms with van der Waals surface area (Å²) in [4.78, 5) is -0.259. The molecule has 1 saturated heterocycles. The highest BCUT2D eigenvalue weighted by Gasteiger charge is 2.39. The maximum absolute atomic E-state index is 11.3. The third kappa shape index (κ3) is 3.40. The van der Waals surface area contributed by atoms with Gasteiger partial charge in [0.25, 0.3) is 0 Å². The van der Waals surface area contributed by atoms with E-state index in [0.717, 1.165) is 0 Å². The highest BCUT2D eigenvalue weighted by Crippen LogP contribution is 2.44. The number of piperidine rings is 1. The van der Waals surface area contributed by atoms with Crippen molar-refractivity contribution >= 4 is 0 Å². The fourth-order valence-electron chi connectivity index (χ4n) is 2.49. The summed E-state index contributed by atoms with van der Waals surface area (Å²) < 4.78 is 198. The molecule has 3 atom stereocenters. The SMILES string of the molecule is [2H]c1c(OC([2H])([2H])[2H])c(OC([2H])([2H])[2H])c([2H])c2c1C1([2H])CC(O)C(C([2H])([2H])C(C)(C([2H])([2H])[2H])C([2H])([2H])[2H])C([2H])([2H])N1C([2H])([2H])C2([2H])[2H]. The summed E-state index contributed by atoms with van der Waals surface area (Å²) in [5.74, 6) is -5.56. The quantitative estimate of drug-likeness (QED) is 0.901. The van der Waals surface area contributed by atoms with E-state index in [1.54, 1.807) is 0 Å². The molecular weight excluding hydrogens is 302 g/mol. The fraction of sp³-hybridized carbons (Fsp3) is 0.700. The number of aliphatic hydroxyl groups excluding tert-OH is 1. The van der Waals surface area contributed by atoms with Crippen LogP contribution >= 0.6 is 0 Å². The molecule has 3 rings (SSSR count). The van der Waals surface area contributed by atoms with E-state index >= 15 is 0 Å². The van der Waals surface area contributed by atoms with Gasteiger partial charge in [-0.3, -0.25) is 4.90 Å². The van der Waals surface area contributed by atoms with Gasteiger partial charge in [0, 0.05) is 38.2 Å². The van der Waals surface area contributed by atoms with Crippen LogP contribution in [-0.2, 0) is 6.37 Å². The Morgan fingerprint density at radius 1 is 1.46 bits per heavy atom. The van der Waals surface area contributed by atoms with Gasteiger partial charge in [0.15, 0.2) is 11.5 Å². The molecule has 0 radical (unpaired) electrons. The normalized spacial score (nSPS) is 53.5. The van der Waals surface area contributed by atoms with Gasteiger partial charge in [-0.25, -0.2) is 0 Å². The van der Waals surface area contributed by atoms with Crippen LogP contribution in [0, 0.1) is 11.3 Å². The van der Waals surface area contributed by atoms with Gasteiger partial charge in [0.2, 0.25) is 0 Å². The van der Waals surface area contributed by atoms with Crippen molar-refractivity contribution in [1.29, 1.82) is 0 Å². The second-order valence-corrected chi connectivity index (χ2v) is 5.53. The molecule has 1 N–H and O–H groups in total. The maximum Gasteiger partial charge on any atom is 0.161 e. The fourth-order valence-corrected chi connectivity index (χ4v) is 2.49. The number of methoxy groups -OCH3 is 2. The zero-order valence-corrected chi connectivity index (χ0v) is 12.6. The number of nitrogens with zero attached hydrogens (tertiary/aromatic N) is 1. The van der Waals surface area contributed by atoms with Crippen LogP contribution in [0.25, 0.3) is 0 Å². The van der Waals surface area contributed by atoms with Crippen molar-refractivity contribution in [2.45, 2.75) is 51.9 Å². The minimum absolute atomic E-state index is 0.259. The van der Waals surface area contributed by atoms with Crippen molar-refractivity contribution in [2.24, 2.45) is 11.3 Å². The number of benzene rings is 1. The summed E-state index contributed by atoms with van der Waals surface area (Å²) in [7, 11) is -6.98. The van der Waals surface area contributed by atoms with Crippen LogP contribution in [-0.4, -0.2) is 43.2 Å². The Balaban J connectivity index is 2.53. The molecule has 3 unspecified atom stereocenters. The molecule has 0 amide bonds. The summed E-state index contributed by atoms with van der Waals surface area (Å²) in [5, 5.41) is 11.3. The first kappa shape index (κ1) is 4.72. The van der Waals surface area contributed by atoms with E-state index in [-0.39, 0.29) is 4.90 Å². The van der Waals surface area contributed by atoms with Crippen LogP contribution in [0.2, 0.25) is 0 Å². The largest absolute Gasteiger partial charge is 0.493 e. The molecule has 134 valence electrons. The molecule has 0 saturated carbocycles. The smallest absolute Gasteiger partial charge is 0.161 e. The molecule has 2 aliphatic heterocycles. The molecule has 1 aromatic carbocycles. The van der Waals surface area contributed by atoms with Crippen molar-refractivity contribution < 1.29 is 46.1 Å². The summed E-state index contributed by atoms with van der Waals surface area (Å²) in [5.41, 5.74) is -5.93. The third-order valence-electron chi connectivity index (χ3n) is 3.49. The second-order valence-electron chi connectivity index (χ2n) is 5.53. The summed E-state index contributed by atoms with van der Waals surface area (Å²) in [6, 6.07) is -6.06. The average molecular weight is 357 g/mol. The zero-order valence-electron chi connectivity index (χ0n) is 35.6. The molecule has 4 heteroatoms. The first-order valence-corrected chi connectivity index (χ1v) is 6.92. The predicted molar refractivity (Wildman–Crippen MR) is 95.7 cm³/mol.